The predicted octanol–water partition coefficient (Wildman–Crippen LogP) is 5.74. The van der Waals surface area contributed by atoms with Gasteiger partial charge < -0.3 is 5.32 Å². The van der Waals surface area contributed by atoms with Crippen LogP contribution in [0.3, 0.4) is 0 Å². The highest BCUT2D eigenvalue weighted by atomic mass is 35.5. The van der Waals surface area contributed by atoms with Gasteiger partial charge in [0.05, 0.1) is 21.0 Å². The van der Waals surface area contributed by atoms with Crippen LogP contribution in [0.2, 0.25) is 5.02 Å². The van der Waals surface area contributed by atoms with Gasteiger partial charge in [-0.15, -0.1) is 0 Å². The average molecular weight is 497 g/mol. The standard InChI is InChI=1S/C23H20ClF3N2O3S/c1-15-8-9-17(12-20(15)23(25,26)27)28-22(30)19-13-18(10-11-21(19)24)33(31,32)29(2)14-16-6-4-3-5-7-16/h3-13H,14H2,1-2H3,(H,28,30). The Balaban J connectivity index is 1.87. The molecule has 0 aliphatic carbocycles. The molecule has 3 aromatic carbocycles. The Hall–Kier alpha value is -2.88. The van der Waals surface area contributed by atoms with Crippen molar-refractivity contribution in [3.63, 3.8) is 0 Å². The van der Waals surface area contributed by atoms with E-state index in [1.807, 2.05) is 6.07 Å². The van der Waals surface area contributed by atoms with Crippen LogP contribution >= 0.6 is 11.6 Å². The van der Waals surface area contributed by atoms with Crippen LogP contribution < -0.4 is 5.32 Å². The first kappa shape index (κ1) is 24.8. The third kappa shape index (κ3) is 5.73. The van der Waals surface area contributed by atoms with Crippen molar-refractivity contribution in [1.29, 1.82) is 0 Å². The Bertz CT molecular complexity index is 1280. The van der Waals surface area contributed by atoms with Gasteiger partial charge in [0.15, 0.2) is 0 Å². The zero-order valence-electron chi connectivity index (χ0n) is 17.7. The van der Waals surface area contributed by atoms with E-state index in [1.54, 1.807) is 24.3 Å². The summed E-state index contributed by atoms with van der Waals surface area (Å²) in [6.07, 6.45) is -4.58. The van der Waals surface area contributed by atoms with Gasteiger partial charge in [0, 0.05) is 19.3 Å². The Kier molecular flexibility index (Phi) is 7.16. The first-order chi connectivity index (χ1) is 15.4. The van der Waals surface area contributed by atoms with Crippen LogP contribution in [-0.4, -0.2) is 25.7 Å². The molecule has 1 N–H and O–H groups in total. The van der Waals surface area contributed by atoms with Gasteiger partial charge in [0.1, 0.15) is 0 Å². The molecule has 3 rings (SSSR count). The van der Waals surface area contributed by atoms with E-state index >= 15 is 0 Å². The van der Waals surface area contributed by atoms with E-state index in [-0.39, 0.29) is 33.3 Å². The van der Waals surface area contributed by atoms with Crippen LogP contribution in [0.5, 0.6) is 0 Å². The lowest BCUT2D eigenvalue weighted by molar-refractivity contribution is -0.138. The summed E-state index contributed by atoms with van der Waals surface area (Å²) in [5.41, 5.74) is -0.378. The van der Waals surface area contributed by atoms with E-state index in [9.17, 15) is 26.4 Å². The van der Waals surface area contributed by atoms with E-state index in [0.717, 1.165) is 22.0 Å². The smallest absolute Gasteiger partial charge is 0.322 e. The average Bonchev–Trinajstić information content (AvgIpc) is 2.75. The summed E-state index contributed by atoms with van der Waals surface area (Å²) >= 11 is 6.10. The van der Waals surface area contributed by atoms with Gasteiger partial charge in [-0.2, -0.15) is 17.5 Å². The number of halogens is 4. The Morgan fingerprint density at radius 1 is 1.03 bits per heavy atom. The number of nitrogens with zero attached hydrogens (tertiary/aromatic N) is 1. The van der Waals surface area contributed by atoms with Gasteiger partial charge in [0.2, 0.25) is 10.0 Å². The van der Waals surface area contributed by atoms with Crippen LogP contribution in [0.1, 0.15) is 27.0 Å². The second-order valence-electron chi connectivity index (χ2n) is 7.37. The maximum atomic E-state index is 13.2. The summed E-state index contributed by atoms with van der Waals surface area (Å²) in [6, 6.07) is 16.0. The van der Waals surface area contributed by atoms with Crippen molar-refractivity contribution in [3.05, 3.63) is 94.0 Å². The summed E-state index contributed by atoms with van der Waals surface area (Å²) in [7, 11) is -2.56. The highest BCUT2D eigenvalue weighted by molar-refractivity contribution is 7.89. The maximum absolute atomic E-state index is 13.2. The lowest BCUT2D eigenvalue weighted by atomic mass is 10.1. The van der Waals surface area contributed by atoms with Crippen LogP contribution in [0.25, 0.3) is 0 Å². The molecule has 33 heavy (non-hydrogen) atoms. The van der Waals surface area contributed by atoms with Crippen LogP contribution in [-0.2, 0) is 22.7 Å². The number of nitrogens with one attached hydrogen (secondary N) is 1. The zero-order valence-corrected chi connectivity index (χ0v) is 19.2. The lowest BCUT2D eigenvalue weighted by Crippen LogP contribution is -2.27. The van der Waals surface area contributed by atoms with E-state index in [0.29, 0.717) is 0 Å². The van der Waals surface area contributed by atoms with Crippen molar-refractivity contribution in [2.45, 2.75) is 24.5 Å². The minimum atomic E-state index is -4.58. The summed E-state index contributed by atoms with van der Waals surface area (Å²) in [5.74, 6) is -0.834. The van der Waals surface area contributed by atoms with Crippen molar-refractivity contribution in [2.24, 2.45) is 0 Å². The van der Waals surface area contributed by atoms with Gasteiger partial charge in [-0.25, -0.2) is 8.42 Å². The summed E-state index contributed by atoms with van der Waals surface area (Å²) in [6.45, 7) is 1.42. The molecule has 0 atom stereocenters. The number of sulfonamides is 1. The third-order valence-corrected chi connectivity index (χ3v) is 7.07. The Labute approximate surface area is 194 Å². The fourth-order valence-corrected chi connectivity index (χ4v) is 4.54. The van der Waals surface area contributed by atoms with Crippen LogP contribution in [0, 0.1) is 6.92 Å². The summed E-state index contributed by atoms with van der Waals surface area (Å²) in [4.78, 5) is 12.6. The van der Waals surface area contributed by atoms with Gasteiger partial charge in [-0.05, 0) is 48.4 Å². The van der Waals surface area contributed by atoms with Gasteiger partial charge >= 0.3 is 6.18 Å². The number of amides is 1. The van der Waals surface area contributed by atoms with E-state index in [2.05, 4.69) is 5.32 Å². The Morgan fingerprint density at radius 2 is 1.70 bits per heavy atom. The number of alkyl halides is 3. The molecule has 5 nitrogen and oxygen atoms in total. The molecule has 174 valence electrons. The van der Waals surface area contributed by atoms with Crippen molar-refractivity contribution in [2.75, 3.05) is 12.4 Å². The molecule has 0 bridgehead atoms. The fourth-order valence-electron chi connectivity index (χ4n) is 3.15. The monoisotopic (exact) mass is 496 g/mol. The molecule has 0 unspecified atom stereocenters. The number of anilines is 1. The number of carbonyl (C=O) groups is 1. The summed E-state index contributed by atoms with van der Waals surface area (Å²) < 4.78 is 66.6. The quantitative estimate of drug-likeness (QED) is 0.473. The first-order valence-corrected chi connectivity index (χ1v) is 11.5. The molecule has 1 amide bonds. The largest absolute Gasteiger partial charge is 0.416 e. The van der Waals surface area contributed by atoms with Crippen LogP contribution in [0.15, 0.2) is 71.6 Å². The lowest BCUT2D eigenvalue weighted by Gasteiger charge is -2.18. The molecular weight excluding hydrogens is 477 g/mol. The fraction of sp³-hybridized carbons (Fsp3) is 0.174. The molecule has 0 fully saturated rings. The van der Waals surface area contributed by atoms with Crippen molar-refractivity contribution >= 4 is 33.2 Å². The maximum Gasteiger partial charge on any atom is 0.416 e. The van der Waals surface area contributed by atoms with Crippen molar-refractivity contribution < 1.29 is 26.4 Å². The second kappa shape index (κ2) is 9.54. The SMILES string of the molecule is Cc1ccc(NC(=O)c2cc(S(=O)(=O)N(C)Cc3ccccc3)ccc2Cl)cc1C(F)(F)F. The van der Waals surface area contributed by atoms with E-state index in [1.165, 1.54) is 38.2 Å². The van der Waals surface area contributed by atoms with Crippen LogP contribution in [0.4, 0.5) is 18.9 Å². The zero-order chi connectivity index (χ0) is 24.4. The molecule has 10 heteroatoms. The minimum Gasteiger partial charge on any atom is -0.322 e. The van der Waals surface area contributed by atoms with E-state index < -0.39 is 27.7 Å². The number of rotatable bonds is 6. The molecule has 0 heterocycles. The topological polar surface area (TPSA) is 66.5 Å². The molecule has 0 saturated heterocycles. The number of hydrogen-bond acceptors (Lipinski definition) is 3. The minimum absolute atomic E-state index is 0.00748. The van der Waals surface area contributed by atoms with Crippen molar-refractivity contribution in [3.8, 4) is 0 Å². The highest BCUT2D eigenvalue weighted by Crippen LogP contribution is 2.33. The molecular formula is C23H20ClF3N2O3S. The molecule has 0 aliphatic heterocycles. The summed E-state index contributed by atoms with van der Waals surface area (Å²) in [5, 5.41) is 2.31. The number of benzene rings is 3. The molecule has 0 spiro atoms. The van der Waals surface area contributed by atoms with Gasteiger partial charge in [-0.3, -0.25) is 4.79 Å². The highest BCUT2D eigenvalue weighted by Gasteiger charge is 2.32. The van der Waals surface area contributed by atoms with Gasteiger partial charge in [-0.1, -0.05) is 48.0 Å². The molecule has 0 aliphatic rings. The predicted molar refractivity (Wildman–Crippen MR) is 121 cm³/mol. The van der Waals surface area contributed by atoms with Gasteiger partial charge in [0.25, 0.3) is 5.91 Å². The van der Waals surface area contributed by atoms with Crippen molar-refractivity contribution in [1.82, 2.24) is 4.31 Å². The number of hydrogen-bond donors (Lipinski definition) is 1. The second-order valence-corrected chi connectivity index (χ2v) is 9.82. The first-order valence-electron chi connectivity index (χ1n) is 9.68. The normalized spacial score (nSPS) is 12.1. The molecule has 0 saturated carbocycles. The molecule has 3 aromatic rings. The molecule has 0 radical (unpaired) electrons. The number of aryl methyl sites for hydroxylation is 1. The number of carbonyl (C=O) groups excluding carboxylic acids is 1. The van der Waals surface area contributed by atoms with E-state index in [4.69, 9.17) is 11.6 Å². The Morgan fingerprint density at radius 3 is 2.33 bits per heavy atom. The molecule has 0 aromatic heterocycles. The third-order valence-electron chi connectivity index (χ3n) is 4.94.